The minimum atomic E-state index is 0.352. The SMILES string of the molecule is COCCCN=C(NC(=S)Nc1ccccc1Cl)Nc1nc(C)cc(C)n1. The summed E-state index contributed by atoms with van der Waals surface area (Å²) < 4.78 is 5.06. The van der Waals surface area contributed by atoms with Crippen LogP contribution in [0.5, 0.6) is 0 Å². The maximum absolute atomic E-state index is 6.16. The van der Waals surface area contributed by atoms with Gasteiger partial charge in [-0.2, -0.15) is 0 Å². The van der Waals surface area contributed by atoms with Crippen molar-refractivity contribution in [1.82, 2.24) is 15.3 Å². The Morgan fingerprint density at radius 3 is 2.56 bits per heavy atom. The van der Waals surface area contributed by atoms with Crippen molar-refractivity contribution in [3.8, 4) is 0 Å². The number of rotatable bonds is 6. The first-order chi connectivity index (χ1) is 13.0. The molecule has 144 valence electrons. The molecule has 9 heteroatoms. The Kier molecular flexibility index (Phi) is 8.38. The van der Waals surface area contributed by atoms with E-state index in [9.17, 15) is 0 Å². The molecular formula is C18H23ClN6OS. The third-order valence-corrected chi connectivity index (χ3v) is 3.88. The van der Waals surface area contributed by atoms with Gasteiger partial charge in [-0.1, -0.05) is 23.7 Å². The van der Waals surface area contributed by atoms with E-state index < -0.39 is 0 Å². The Balaban J connectivity index is 2.09. The number of halogens is 1. The van der Waals surface area contributed by atoms with Crippen LogP contribution in [0.1, 0.15) is 17.8 Å². The quantitative estimate of drug-likeness (QED) is 0.293. The lowest BCUT2D eigenvalue weighted by Crippen LogP contribution is -2.39. The van der Waals surface area contributed by atoms with Gasteiger partial charge in [-0.3, -0.25) is 10.3 Å². The van der Waals surface area contributed by atoms with Gasteiger partial charge in [0.2, 0.25) is 11.9 Å². The number of nitrogens with zero attached hydrogens (tertiary/aromatic N) is 3. The van der Waals surface area contributed by atoms with Crippen molar-refractivity contribution >= 4 is 46.5 Å². The van der Waals surface area contributed by atoms with Crippen LogP contribution in [-0.2, 0) is 4.74 Å². The summed E-state index contributed by atoms with van der Waals surface area (Å²) in [4.78, 5) is 13.2. The van der Waals surface area contributed by atoms with Crippen LogP contribution in [0.2, 0.25) is 5.02 Å². The molecule has 1 aromatic carbocycles. The summed E-state index contributed by atoms with van der Waals surface area (Å²) in [6.45, 7) is 5.00. The summed E-state index contributed by atoms with van der Waals surface area (Å²) in [7, 11) is 1.66. The molecule has 27 heavy (non-hydrogen) atoms. The van der Waals surface area contributed by atoms with E-state index in [1.165, 1.54) is 0 Å². The average Bonchev–Trinajstić information content (AvgIpc) is 2.59. The number of thiocarbonyl (C=S) groups is 1. The molecule has 0 aliphatic heterocycles. The third kappa shape index (κ3) is 7.46. The van der Waals surface area contributed by atoms with E-state index >= 15 is 0 Å². The highest BCUT2D eigenvalue weighted by atomic mass is 35.5. The fraction of sp³-hybridized carbons (Fsp3) is 0.333. The number of methoxy groups -OCH3 is 1. The zero-order valence-electron chi connectivity index (χ0n) is 15.5. The number of nitrogens with one attached hydrogen (secondary N) is 3. The topological polar surface area (TPSA) is 83.5 Å². The molecule has 0 spiro atoms. The Hall–Kier alpha value is -2.29. The van der Waals surface area contributed by atoms with Gasteiger partial charge in [-0.15, -0.1) is 0 Å². The molecule has 0 aliphatic carbocycles. The molecule has 0 fully saturated rings. The van der Waals surface area contributed by atoms with Crippen LogP contribution in [-0.4, -0.2) is 41.3 Å². The van der Waals surface area contributed by atoms with Gasteiger partial charge in [0.1, 0.15) is 0 Å². The molecular weight excluding hydrogens is 384 g/mol. The average molecular weight is 407 g/mol. The van der Waals surface area contributed by atoms with Crippen molar-refractivity contribution in [2.24, 2.45) is 4.99 Å². The van der Waals surface area contributed by atoms with E-state index in [0.717, 1.165) is 17.8 Å². The highest BCUT2D eigenvalue weighted by molar-refractivity contribution is 7.80. The van der Waals surface area contributed by atoms with Gasteiger partial charge in [0.05, 0.1) is 10.7 Å². The minimum Gasteiger partial charge on any atom is -0.385 e. The minimum absolute atomic E-state index is 0.352. The number of aliphatic imine (C=N–C) groups is 1. The van der Waals surface area contributed by atoms with Crippen molar-refractivity contribution in [3.05, 3.63) is 46.7 Å². The molecule has 2 rings (SSSR count). The highest BCUT2D eigenvalue weighted by Crippen LogP contribution is 2.20. The lowest BCUT2D eigenvalue weighted by Gasteiger charge is -2.15. The van der Waals surface area contributed by atoms with Crippen molar-refractivity contribution in [3.63, 3.8) is 0 Å². The van der Waals surface area contributed by atoms with Crippen LogP contribution >= 0.6 is 23.8 Å². The molecule has 0 amide bonds. The van der Waals surface area contributed by atoms with Crippen LogP contribution in [0.25, 0.3) is 0 Å². The molecule has 0 unspecified atom stereocenters. The summed E-state index contributed by atoms with van der Waals surface area (Å²) in [5, 5.41) is 10.1. The van der Waals surface area contributed by atoms with Gasteiger partial charge in [-0.25, -0.2) is 9.97 Å². The number of benzene rings is 1. The van der Waals surface area contributed by atoms with Crippen molar-refractivity contribution in [2.75, 3.05) is 30.9 Å². The molecule has 7 nitrogen and oxygen atoms in total. The van der Waals surface area contributed by atoms with Crippen molar-refractivity contribution in [2.45, 2.75) is 20.3 Å². The van der Waals surface area contributed by atoms with Crippen LogP contribution in [0, 0.1) is 13.8 Å². The van der Waals surface area contributed by atoms with Crippen molar-refractivity contribution < 1.29 is 4.74 Å². The van der Waals surface area contributed by atoms with Crippen LogP contribution in [0.4, 0.5) is 11.6 Å². The van der Waals surface area contributed by atoms with Gasteiger partial charge >= 0.3 is 0 Å². The maximum Gasteiger partial charge on any atom is 0.229 e. The normalized spacial score (nSPS) is 11.2. The van der Waals surface area contributed by atoms with Crippen LogP contribution in [0.15, 0.2) is 35.3 Å². The molecule has 1 aromatic heterocycles. The summed E-state index contributed by atoms with van der Waals surface area (Å²) in [5.41, 5.74) is 2.43. The van der Waals surface area contributed by atoms with Gasteiger partial charge in [-0.05, 0) is 50.7 Å². The van der Waals surface area contributed by atoms with E-state index in [1.807, 2.05) is 38.1 Å². The lowest BCUT2D eigenvalue weighted by molar-refractivity contribution is 0.197. The van der Waals surface area contributed by atoms with Crippen molar-refractivity contribution in [1.29, 1.82) is 0 Å². The second-order valence-corrected chi connectivity index (χ2v) is 6.55. The van der Waals surface area contributed by atoms with Gasteiger partial charge < -0.3 is 15.4 Å². The first-order valence-electron chi connectivity index (χ1n) is 8.43. The maximum atomic E-state index is 6.16. The van der Waals surface area contributed by atoms with E-state index in [0.29, 0.717) is 40.9 Å². The summed E-state index contributed by atoms with van der Waals surface area (Å²) in [6.07, 6.45) is 0.780. The second-order valence-electron chi connectivity index (χ2n) is 5.73. The molecule has 0 saturated heterocycles. The first-order valence-corrected chi connectivity index (χ1v) is 9.22. The predicted octanol–water partition coefficient (Wildman–Crippen LogP) is 3.54. The number of hydrogen-bond acceptors (Lipinski definition) is 5. The Morgan fingerprint density at radius 2 is 1.89 bits per heavy atom. The van der Waals surface area contributed by atoms with E-state index in [4.69, 9.17) is 28.6 Å². The fourth-order valence-corrected chi connectivity index (χ4v) is 2.61. The summed E-state index contributed by atoms with van der Waals surface area (Å²) in [6, 6.07) is 9.25. The molecule has 1 heterocycles. The second kappa shape index (κ2) is 10.8. The molecule has 2 aromatic rings. The smallest absolute Gasteiger partial charge is 0.229 e. The Labute approximate surface area is 169 Å². The van der Waals surface area contributed by atoms with Gasteiger partial charge in [0.15, 0.2) is 5.11 Å². The number of guanidine groups is 1. The molecule has 0 atom stereocenters. The molecule has 3 N–H and O–H groups in total. The lowest BCUT2D eigenvalue weighted by atomic mass is 10.3. The highest BCUT2D eigenvalue weighted by Gasteiger charge is 2.08. The number of para-hydroxylation sites is 1. The number of anilines is 2. The standard InChI is InChI=1S/C18H23ClN6OS/c1-12-11-13(2)22-17(21-12)24-16(20-9-6-10-26-3)25-18(27)23-15-8-5-4-7-14(15)19/h4-5,7-8,11H,6,9-10H2,1-3H3,(H3,20,21,22,23,24,25,27). The largest absolute Gasteiger partial charge is 0.385 e. The Bertz CT molecular complexity index is 794. The molecule has 0 bridgehead atoms. The first kappa shape index (κ1) is 21.0. The van der Waals surface area contributed by atoms with Gasteiger partial charge in [0.25, 0.3) is 0 Å². The summed E-state index contributed by atoms with van der Waals surface area (Å²) >= 11 is 11.5. The summed E-state index contributed by atoms with van der Waals surface area (Å²) in [5.74, 6) is 0.895. The molecule has 0 radical (unpaired) electrons. The number of hydrogen-bond donors (Lipinski definition) is 3. The third-order valence-electron chi connectivity index (χ3n) is 3.34. The van der Waals surface area contributed by atoms with Crippen LogP contribution in [0.3, 0.4) is 0 Å². The predicted molar refractivity (Wildman–Crippen MR) is 115 cm³/mol. The van der Waals surface area contributed by atoms with E-state index in [2.05, 4.69) is 30.9 Å². The fourth-order valence-electron chi connectivity index (χ4n) is 2.22. The zero-order chi connectivity index (χ0) is 19.6. The molecule has 0 saturated carbocycles. The monoisotopic (exact) mass is 406 g/mol. The Morgan fingerprint density at radius 1 is 1.19 bits per heavy atom. The number of ether oxygens (including phenoxy) is 1. The van der Waals surface area contributed by atoms with Gasteiger partial charge in [0, 0.05) is 31.6 Å². The molecule has 0 aliphatic rings. The number of aryl methyl sites for hydroxylation is 2. The number of aromatic nitrogens is 2. The zero-order valence-corrected chi connectivity index (χ0v) is 17.1. The van der Waals surface area contributed by atoms with E-state index in [-0.39, 0.29) is 0 Å². The van der Waals surface area contributed by atoms with E-state index in [1.54, 1.807) is 13.2 Å². The van der Waals surface area contributed by atoms with Crippen LogP contribution < -0.4 is 16.0 Å².